The van der Waals surface area contributed by atoms with Crippen molar-refractivity contribution < 1.29 is 27.9 Å². The first-order valence-corrected chi connectivity index (χ1v) is 10.5. The second-order valence-corrected chi connectivity index (χ2v) is 7.92. The highest BCUT2D eigenvalue weighted by Gasteiger charge is 2.29. The Balaban J connectivity index is 1.61. The number of benzene rings is 2. The number of rotatable bonds is 8. The molecule has 3 rings (SSSR count). The molecule has 7 nitrogen and oxygen atoms in total. The molecule has 0 saturated heterocycles. The number of hydrogen-bond acceptors (Lipinski definition) is 5. The maximum atomic E-state index is 12.6. The monoisotopic (exact) mass is 484 g/mol. The van der Waals surface area contributed by atoms with Gasteiger partial charge in [0.05, 0.1) is 12.0 Å². The van der Waals surface area contributed by atoms with Gasteiger partial charge in [-0.15, -0.1) is 0 Å². The first kappa shape index (κ1) is 25.4. The van der Waals surface area contributed by atoms with Gasteiger partial charge < -0.3 is 15.3 Å². The lowest BCUT2D eigenvalue weighted by Gasteiger charge is -2.16. The second kappa shape index (κ2) is 10.8. The summed E-state index contributed by atoms with van der Waals surface area (Å²) in [6, 6.07) is 11.5. The van der Waals surface area contributed by atoms with Crippen molar-refractivity contribution in [3.8, 4) is 0 Å². The lowest BCUT2D eigenvalue weighted by molar-refractivity contribution is -0.138. The summed E-state index contributed by atoms with van der Waals surface area (Å²) in [5, 5.41) is 11.7. The number of nitrogens with one attached hydrogen (secondary N) is 1. The van der Waals surface area contributed by atoms with Gasteiger partial charge in [0.1, 0.15) is 11.6 Å². The Bertz CT molecular complexity index is 1220. The molecule has 0 spiro atoms. The number of carbonyl (C=O) groups excluding carboxylic acids is 1. The summed E-state index contributed by atoms with van der Waals surface area (Å²) in [7, 11) is 3.56. The van der Waals surface area contributed by atoms with E-state index in [1.54, 1.807) is 43.3 Å². The molecule has 1 amide bonds. The normalized spacial score (nSPS) is 11.5. The maximum Gasteiger partial charge on any atom is 0.416 e. The zero-order valence-corrected chi connectivity index (χ0v) is 19.0. The van der Waals surface area contributed by atoms with Gasteiger partial charge in [0.25, 0.3) is 0 Å². The first-order valence-electron chi connectivity index (χ1n) is 10.5. The van der Waals surface area contributed by atoms with Crippen LogP contribution in [-0.4, -0.2) is 41.0 Å². The lowest BCUT2D eigenvalue weighted by atomic mass is 10.1. The van der Waals surface area contributed by atoms with E-state index >= 15 is 0 Å². The van der Waals surface area contributed by atoms with Crippen molar-refractivity contribution in [3.05, 3.63) is 88.9 Å². The summed E-state index contributed by atoms with van der Waals surface area (Å²) < 4.78 is 37.9. The highest BCUT2D eigenvalue weighted by atomic mass is 19.4. The van der Waals surface area contributed by atoms with Crippen LogP contribution in [-0.2, 0) is 28.6 Å². The highest BCUT2D eigenvalue weighted by Crippen LogP contribution is 2.29. The van der Waals surface area contributed by atoms with Crippen LogP contribution in [0.5, 0.6) is 0 Å². The molecular weight excluding hydrogens is 461 g/mol. The topological polar surface area (TPSA) is 95.4 Å². The van der Waals surface area contributed by atoms with Crippen molar-refractivity contribution >= 4 is 29.5 Å². The minimum atomic E-state index is -4.41. The predicted octanol–water partition coefficient (Wildman–Crippen LogP) is 4.43. The smallest absolute Gasteiger partial charge is 0.416 e. The van der Waals surface area contributed by atoms with Crippen LogP contribution < -0.4 is 10.2 Å². The van der Waals surface area contributed by atoms with Gasteiger partial charge in [-0.05, 0) is 41.5 Å². The molecule has 182 valence electrons. The van der Waals surface area contributed by atoms with Crippen molar-refractivity contribution in [2.45, 2.75) is 19.0 Å². The highest BCUT2D eigenvalue weighted by molar-refractivity contribution is 6.01. The number of carboxylic acids is 1. The number of anilines is 2. The summed E-state index contributed by atoms with van der Waals surface area (Å²) in [5.74, 6) is -0.317. The van der Waals surface area contributed by atoms with Gasteiger partial charge in [-0.2, -0.15) is 13.2 Å². The van der Waals surface area contributed by atoms with Crippen molar-refractivity contribution in [3.63, 3.8) is 0 Å². The number of alkyl halides is 3. The summed E-state index contributed by atoms with van der Waals surface area (Å²) in [6.07, 6.45) is 0.0226. The molecule has 0 unspecified atom stereocenters. The van der Waals surface area contributed by atoms with Crippen LogP contribution in [0.2, 0.25) is 0 Å². The molecule has 0 aliphatic carbocycles. The fraction of sp³-hybridized carbons (Fsp3) is 0.200. The Labute approximate surface area is 200 Å². The Morgan fingerprint density at radius 2 is 1.71 bits per heavy atom. The molecule has 1 aromatic heterocycles. The Morgan fingerprint density at radius 3 is 2.29 bits per heavy atom. The molecule has 2 aromatic carbocycles. The third-order valence-corrected chi connectivity index (χ3v) is 4.91. The van der Waals surface area contributed by atoms with Crippen LogP contribution in [0.25, 0.3) is 6.08 Å². The summed E-state index contributed by atoms with van der Waals surface area (Å²) in [6.45, 7) is 0. The molecule has 0 fully saturated rings. The van der Waals surface area contributed by atoms with Gasteiger partial charge >= 0.3 is 12.1 Å². The number of amides is 1. The number of aliphatic carboxylic acids is 1. The third kappa shape index (κ3) is 7.39. The van der Waals surface area contributed by atoms with Crippen LogP contribution >= 0.6 is 0 Å². The third-order valence-electron chi connectivity index (χ3n) is 4.91. The average Bonchev–Trinajstić information content (AvgIpc) is 2.79. The van der Waals surface area contributed by atoms with Crippen LogP contribution in [0.4, 0.5) is 24.7 Å². The molecule has 0 aliphatic rings. The van der Waals surface area contributed by atoms with Gasteiger partial charge in [-0.3, -0.25) is 9.59 Å². The van der Waals surface area contributed by atoms with E-state index in [1.807, 2.05) is 0 Å². The standard InChI is InChI=1S/C25H23F3N4O3/c1-32(2)24-18(14-23(34)35)15-29-21(31-24)13-17-5-10-20(11-6-17)30-22(33)12-7-16-3-8-19(9-4-16)25(26,27)28/h3-12,15H,13-14H2,1-2H3,(H,30,33)(H,34,35)/b12-7+. The van der Waals surface area contributed by atoms with E-state index < -0.39 is 23.6 Å². The molecule has 2 N–H and O–H groups in total. The van der Waals surface area contributed by atoms with Crippen molar-refractivity contribution in [1.29, 1.82) is 0 Å². The largest absolute Gasteiger partial charge is 0.481 e. The summed E-state index contributed by atoms with van der Waals surface area (Å²) in [4.78, 5) is 33.7. The predicted molar refractivity (Wildman–Crippen MR) is 126 cm³/mol. The van der Waals surface area contributed by atoms with Crippen LogP contribution in [0.15, 0.2) is 60.8 Å². The van der Waals surface area contributed by atoms with Gasteiger partial charge in [-0.1, -0.05) is 24.3 Å². The fourth-order valence-electron chi connectivity index (χ4n) is 3.22. The van der Waals surface area contributed by atoms with Crippen molar-refractivity contribution in [2.24, 2.45) is 0 Å². The molecule has 3 aromatic rings. The SMILES string of the molecule is CN(C)c1nc(Cc2ccc(NC(=O)/C=C/c3ccc(C(F)(F)F)cc3)cc2)ncc1CC(=O)O. The van der Waals surface area contributed by atoms with Crippen LogP contribution in [0.1, 0.15) is 28.1 Å². The number of aromatic nitrogens is 2. The Morgan fingerprint density at radius 1 is 1.06 bits per heavy atom. The van der Waals surface area contributed by atoms with E-state index in [4.69, 9.17) is 5.11 Å². The van der Waals surface area contributed by atoms with E-state index in [0.29, 0.717) is 34.9 Å². The molecule has 1 heterocycles. The Kier molecular flexibility index (Phi) is 7.85. The molecule has 0 radical (unpaired) electrons. The van der Waals surface area contributed by atoms with Crippen LogP contribution in [0, 0.1) is 0 Å². The van der Waals surface area contributed by atoms with Crippen molar-refractivity contribution in [1.82, 2.24) is 9.97 Å². The van der Waals surface area contributed by atoms with E-state index in [1.165, 1.54) is 30.5 Å². The summed E-state index contributed by atoms with van der Waals surface area (Å²) >= 11 is 0. The molecule has 10 heteroatoms. The number of carbonyl (C=O) groups is 2. The molecule has 0 saturated carbocycles. The average molecular weight is 484 g/mol. The fourth-order valence-corrected chi connectivity index (χ4v) is 3.22. The molecule has 0 bridgehead atoms. The number of carboxylic acid groups (broad SMARTS) is 1. The van der Waals surface area contributed by atoms with E-state index in [2.05, 4.69) is 15.3 Å². The number of halogens is 3. The second-order valence-electron chi connectivity index (χ2n) is 7.92. The van der Waals surface area contributed by atoms with Crippen LogP contribution in [0.3, 0.4) is 0 Å². The molecular formula is C25H23F3N4O3. The quantitative estimate of drug-likeness (QED) is 0.460. The van der Waals surface area contributed by atoms with Crippen molar-refractivity contribution in [2.75, 3.05) is 24.3 Å². The molecule has 0 aliphatic heterocycles. The van der Waals surface area contributed by atoms with Gasteiger partial charge in [-0.25, -0.2) is 9.97 Å². The van der Waals surface area contributed by atoms with E-state index in [9.17, 15) is 22.8 Å². The minimum absolute atomic E-state index is 0.171. The van der Waals surface area contributed by atoms with Gasteiger partial charge in [0.2, 0.25) is 5.91 Å². The zero-order chi connectivity index (χ0) is 25.6. The van der Waals surface area contributed by atoms with Gasteiger partial charge in [0.15, 0.2) is 0 Å². The molecule has 35 heavy (non-hydrogen) atoms. The minimum Gasteiger partial charge on any atom is -0.481 e. The van der Waals surface area contributed by atoms with E-state index in [0.717, 1.165) is 17.7 Å². The Hall–Kier alpha value is -4.21. The number of nitrogens with zero attached hydrogens (tertiary/aromatic N) is 3. The first-order chi connectivity index (χ1) is 16.5. The van der Waals surface area contributed by atoms with E-state index in [-0.39, 0.29) is 6.42 Å². The zero-order valence-electron chi connectivity index (χ0n) is 19.0. The maximum absolute atomic E-state index is 12.6. The van der Waals surface area contributed by atoms with Gasteiger partial charge in [0, 0.05) is 44.0 Å². The summed E-state index contributed by atoms with van der Waals surface area (Å²) in [5.41, 5.74) is 1.67. The number of hydrogen-bond donors (Lipinski definition) is 2. The molecule has 0 atom stereocenters. The lowest BCUT2D eigenvalue weighted by Crippen LogP contribution is -2.17.